The van der Waals surface area contributed by atoms with Crippen molar-refractivity contribution in [2.75, 3.05) is 0 Å². The predicted octanol–water partition coefficient (Wildman–Crippen LogP) is 1.35. The number of hydrogen-bond acceptors (Lipinski definition) is 3. The van der Waals surface area contributed by atoms with Gasteiger partial charge in [-0.05, 0) is 26.7 Å². The molecule has 3 heteroatoms. The first-order chi connectivity index (χ1) is 7.07. The molecule has 0 radical (unpaired) electrons. The van der Waals surface area contributed by atoms with Crippen molar-refractivity contribution in [3.05, 3.63) is 0 Å². The van der Waals surface area contributed by atoms with E-state index in [0.29, 0.717) is 18.3 Å². The first kappa shape index (κ1) is 9.52. The molecule has 2 bridgehead atoms. The molecule has 2 saturated heterocycles. The maximum absolute atomic E-state index is 11.8. The molecule has 0 aromatic carbocycles. The van der Waals surface area contributed by atoms with Gasteiger partial charge in [-0.25, -0.2) is 0 Å². The molecule has 3 nitrogen and oxygen atoms in total. The maximum atomic E-state index is 11.8. The highest BCUT2D eigenvalue weighted by Gasteiger charge is 2.78. The minimum atomic E-state index is -0.323. The van der Waals surface area contributed by atoms with Crippen molar-refractivity contribution in [3.8, 4) is 0 Å². The van der Waals surface area contributed by atoms with E-state index in [4.69, 9.17) is 4.74 Å². The number of ether oxygens (including phenoxy) is 1. The van der Waals surface area contributed by atoms with Gasteiger partial charge in [0, 0.05) is 23.7 Å². The van der Waals surface area contributed by atoms with E-state index in [1.54, 1.807) is 13.8 Å². The van der Waals surface area contributed by atoms with E-state index in [-0.39, 0.29) is 29.2 Å². The Morgan fingerprint density at radius 3 is 2.13 bits per heavy atom. The summed E-state index contributed by atoms with van der Waals surface area (Å²) in [5, 5.41) is 0. The monoisotopic (exact) mass is 208 g/mol. The van der Waals surface area contributed by atoms with Crippen LogP contribution in [-0.2, 0) is 14.3 Å². The Morgan fingerprint density at radius 2 is 1.73 bits per heavy atom. The quantitative estimate of drug-likeness (QED) is 0.703. The van der Waals surface area contributed by atoms with Crippen LogP contribution in [0, 0.1) is 17.3 Å². The van der Waals surface area contributed by atoms with E-state index in [1.165, 1.54) is 0 Å². The van der Waals surface area contributed by atoms with Gasteiger partial charge in [0.25, 0.3) is 0 Å². The fraction of sp³-hybridized carbons (Fsp3) is 0.833. The van der Waals surface area contributed by atoms with Crippen LogP contribution in [0.15, 0.2) is 0 Å². The Bertz CT molecular complexity index is 331. The number of carbonyl (C=O) groups excluding carboxylic acids is 2. The second-order valence-corrected chi connectivity index (χ2v) is 5.32. The van der Waals surface area contributed by atoms with E-state index < -0.39 is 0 Å². The SMILES string of the molecule is CC(=O)CC1(C(C)=O)C2C3CCC(O3)C21. The molecule has 1 aliphatic carbocycles. The molecule has 0 amide bonds. The van der Waals surface area contributed by atoms with Crippen molar-refractivity contribution >= 4 is 11.6 Å². The molecule has 1 saturated carbocycles. The Balaban J connectivity index is 1.91. The third kappa shape index (κ3) is 0.996. The summed E-state index contributed by atoms with van der Waals surface area (Å²) in [6, 6.07) is 0. The first-order valence-corrected chi connectivity index (χ1v) is 5.73. The lowest BCUT2D eigenvalue weighted by atomic mass is 9.89. The Hall–Kier alpha value is -0.700. The Morgan fingerprint density at radius 1 is 1.20 bits per heavy atom. The molecule has 3 rings (SSSR count). The number of hydrogen-bond donors (Lipinski definition) is 0. The third-order valence-corrected chi connectivity index (χ3v) is 4.55. The number of fused-ring (bicyclic) bond motifs is 5. The number of carbonyl (C=O) groups is 2. The lowest BCUT2D eigenvalue weighted by molar-refractivity contribution is -0.130. The van der Waals surface area contributed by atoms with Crippen molar-refractivity contribution < 1.29 is 14.3 Å². The van der Waals surface area contributed by atoms with Gasteiger partial charge in [0.05, 0.1) is 12.2 Å². The zero-order valence-corrected chi connectivity index (χ0v) is 9.16. The van der Waals surface area contributed by atoms with Gasteiger partial charge < -0.3 is 4.74 Å². The predicted molar refractivity (Wildman–Crippen MR) is 53.3 cm³/mol. The van der Waals surface area contributed by atoms with Crippen LogP contribution in [0.2, 0.25) is 0 Å². The number of rotatable bonds is 3. The molecule has 3 fully saturated rings. The largest absolute Gasteiger partial charge is 0.374 e. The van der Waals surface area contributed by atoms with Gasteiger partial charge in [0.15, 0.2) is 0 Å². The fourth-order valence-electron chi connectivity index (χ4n) is 4.08. The molecule has 4 atom stereocenters. The molecule has 2 aliphatic heterocycles. The summed E-state index contributed by atoms with van der Waals surface area (Å²) in [4.78, 5) is 23.1. The summed E-state index contributed by atoms with van der Waals surface area (Å²) in [5.74, 6) is 1.06. The van der Waals surface area contributed by atoms with Crippen molar-refractivity contribution in [2.45, 2.75) is 45.3 Å². The zero-order chi connectivity index (χ0) is 10.8. The van der Waals surface area contributed by atoms with Crippen LogP contribution in [-0.4, -0.2) is 23.8 Å². The topological polar surface area (TPSA) is 43.4 Å². The standard InChI is InChI=1S/C12H16O3/c1-6(13)5-12(7(2)14)10-8-3-4-9(15-8)11(10)12/h8-11H,3-5H2,1-2H3. The zero-order valence-electron chi connectivity index (χ0n) is 9.16. The van der Waals surface area contributed by atoms with Crippen LogP contribution in [0.3, 0.4) is 0 Å². The van der Waals surface area contributed by atoms with Gasteiger partial charge in [-0.3, -0.25) is 9.59 Å². The van der Waals surface area contributed by atoms with Crippen LogP contribution in [0.5, 0.6) is 0 Å². The van der Waals surface area contributed by atoms with E-state index in [0.717, 1.165) is 12.8 Å². The summed E-state index contributed by atoms with van der Waals surface area (Å²) in [7, 11) is 0. The average Bonchev–Trinajstić information content (AvgIpc) is 2.55. The molecule has 0 N–H and O–H groups in total. The normalized spacial score (nSPS) is 50.3. The summed E-state index contributed by atoms with van der Waals surface area (Å²) < 4.78 is 5.76. The lowest BCUT2D eigenvalue weighted by Gasteiger charge is -2.19. The molecule has 15 heavy (non-hydrogen) atoms. The lowest BCUT2D eigenvalue weighted by Crippen LogP contribution is -2.27. The highest BCUT2D eigenvalue weighted by molar-refractivity contribution is 5.92. The van der Waals surface area contributed by atoms with Gasteiger partial charge >= 0.3 is 0 Å². The second kappa shape index (κ2) is 2.70. The van der Waals surface area contributed by atoms with E-state index in [2.05, 4.69) is 0 Å². The third-order valence-electron chi connectivity index (χ3n) is 4.55. The van der Waals surface area contributed by atoms with Crippen molar-refractivity contribution in [2.24, 2.45) is 17.3 Å². The molecule has 0 spiro atoms. The van der Waals surface area contributed by atoms with E-state index in [1.807, 2.05) is 0 Å². The molecular formula is C12H16O3. The maximum Gasteiger partial charge on any atom is 0.137 e. The van der Waals surface area contributed by atoms with Crippen LogP contribution in [0.25, 0.3) is 0 Å². The molecular weight excluding hydrogens is 192 g/mol. The molecule has 2 heterocycles. The van der Waals surface area contributed by atoms with E-state index >= 15 is 0 Å². The van der Waals surface area contributed by atoms with Gasteiger partial charge in [-0.2, -0.15) is 0 Å². The molecule has 4 unspecified atom stereocenters. The minimum absolute atomic E-state index is 0.138. The molecule has 0 aromatic rings. The van der Waals surface area contributed by atoms with Crippen molar-refractivity contribution in [3.63, 3.8) is 0 Å². The summed E-state index contributed by atoms with van der Waals surface area (Å²) in [5.41, 5.74) is -0.323. The van der Waals surface area contributed by atoms with Crippen molar-refractivity contribution in [1.82, 2.24) is 0 Å². The minimum Gasteiger partial charge on any atom is -0.374 e. The van der Waals surface area contributed by atoms with Crippen LogP contribution in [0.1, 0.15) is 33.1 Å². The van der Waals surface area contributed by atoms with Gasteiger partial charge in [-0.1, -0.05) is 0 Å². The summed E-state index contributed by atoms with van der Waals surface area (Å²) >= 11 is 0. The Kier molecular flexibility index (Phi) is 1.71. The number of Topliss-reactive ketones (excluding diaryl/α,β-unsaturated/α-hetero) is 2. The summed E-state index contributed by atoms with van der Waals surface area (Å²) in [6.45, 7) is 3.22. The first-order valence-electron chi connectivity index (χ1n) is 5.73. The Labute approximate surface area is 89.2 Å². The summed E-state index contributed by atoms with van der Waals surface area (Å²) in [6.07, 6.45) is 3.14. The van der Waals surface area contributed by atoms with Crippen LogP contribution >= 0.6 is 0 Å². The highest BCUT2D eigenvalue weighted by atomic mass is 16.5. The van der Waals surface area contributed by atoms with Crippen LogP contribution in [0.4, 0.5) is 0 Å². The average molecular weight is 208 g/mol. The van der Waals surface area contributed by atoms with Crippen molar-refractivity contribution in [1.29, 1.82) is 0 Å². The van der Waals surface area contributed by atoms with E-state index in [9.17, 15) is 9.59 Å². The number of ketones is 2. The highest BCUT2D eigenvalue weighted by Crippen LogP contribution is 2.73. The molecule has 0 aromatic heterocycles. The molecule has 3 aliphatic rings. The van der Waals surface area contributed by atoms with Crippen LogP contribution < -0.4 is 0 Å². The smallest absolute Gasteiger partial charge is 0.137 e. The fourth-order valence-corrected chi connectivity index (χ4v) is 4.08. The van der Waals surface area contributed by atoms with Gasteiger partial charge in [0.2, 0.25) is 0 Å². The molecule has 82 valence electrons. The second-order valence-electron chi connectivity index (χ2n) is 5.32. The van der Waals surface area contributed by atoms with Gasteiger partial charge in [0.1, 0.15) is 11.6 Å². The van der Waals surface area contributed by atoms with Gasteiger partial charge in [-0.15, -0.1) is 0 Å².